The lowest BCUT2D eigenvalue weighted by Gasteiger charge is -2.19. The minimum absolute atomic E-state index is 0.00414. The van der Waals surface area contributed by atoms with Crippen molar-refractivity contribution < 1.29 is 19.0 Å². The molecule has 0 saturated carbocycles. The lowest BCUT2D eigenvalue weighted by molar-refractivity contribution is -0.385. The summed E-state index contributed by atoms with van der Waals surface area (Å²) in [6.07, 6.45) is 0. The van der Waals surface area contributed by atoms with E-state index in [4.69, 9.17) is 9.26 Å². The second-order valence-corrected chi connectivity index (χ2v) is 6.28. The fourth-order valence-corrected chi connectivity index (χ4v) is 2.72. The number of likely N-dealkylation sites (N-methyl/N-ethyl adjacent to an activating group) is 1. The van der Waals surface area contributed by atoms with Gasteiger partial charge in [-0.25, -0.2) is 0 Å². The Morgan fingerprint density at radius 2 is 2.00 bits per heavy atom. The van der Waals surface area contributed by atoms with E-state index in [2.05, 4.69) is 10.1 Å². The zero-order chi connectivity index (χ0) is 20.8. The van der Waals surface area contributed by atoms with Crippen molar-refractivity contribution in [2.24, 2.45) is 0 Å². The molecule has 1 amide bonds. The lowest BCUT2D eigenvalue weighted by atomic mass is 10.2. The molecule has 0 aliphatic carbocycles. The van der Waals surface area contributed by atoms with Crippen LogP contribution in [0.4, 0.5) is 5.69 Å². The van der Waals surface area contributed by atoms with Crippen LogP contribution in [0.1, 0.15) is 18.4 Å². The van der Waals surface area contributed by atoms with Crippen LogP contribution in [0.3, 0.4) is 0 Å². The SMILES string of the molecule is CCN(Cc1nc(-c2ccccc2)no1)C(=O)COc1ccc([N+](=O)[O-])c(C)c1. The van der Waals surface area contributed by atoms with Gasteiger partial charge in [0, 0.05) is 23.7 Å². The number of nitro groups is 1. The Morgan fingerprint density at radius 1 is 1.24 bits per heavy atom. The van der Waals surface area contributed by atoms with Gasteiger partial charge in [-0.2, -0.15) is 4.98 Å². The van der Waals surface area contributed by atoms with Gasteiger partial charge in [0.05, 0.1) is 4.92 Å². The van der Waals surface area contributed by atoms with Crippen LogP contribution < -0.4 is 4.74 Å². The highest BCUT2D eigenvalue weighted by Gasteiger charge is 2.18. The number of carbonyl (C=O) groups excluding carboxylic acids is 1. The highest BCUT2D eigenvalue weighted by molar-refractivity contribution is 5.77. The second-order valence-electron chi connectivity index (χ2n) is 6.28. The summed E-state index contributed by atoms with van der Waals surface area (Å²) in [6.45, 7) is 3.85. The number of aryl methyl sites for hydroxylation is 1. The van der Waals surface area contributed by atoms with E-state index in [1.54, 1.807) is 6.92 Å². The van der Waals surface area contributed by atoms with Gasteiger partial charge in [0.2, 0.25) is 11.7 Å². The topological polar surface area (TPSA) is 112 Å². The molecule has 0 unspecified atom stereocenters. The van der Waals surface area contributed by atoms with E-state index in [1.807, 2.05) is 37.3 Å². The highest BCUT2D eigenvalue weighted by Crippen LogP contribution is 2.23. The van der Waals surface area contributed by atoms with Gasteiger partial charge in [-0.15, -0.1) is 0 Å². The summed E-state index contributed by atoms with van der Waals surface area (Å²) in [4.78, 5) is 28.8. The summed E-state index contributed by atoms with van der Waals surface area (Å²) in [5.74, 6) is 0.913. The molecule has 0 bridgehead atoms. The predicted octanol–water partition coefficient (Wildman–Crippen LogP) is 3.38. The average Bonchev–Trinajstić information content (AvgIpc) is 3.19. The van der Waals surface area contributed by atoms with Crippen LogP contribution in [0.15, 0.2) is 53.1 Å². The maximum absolute atomic E-state index is 12.5. The highest BCUT2D eigenvalue weighted by atomic mass is 16.6. The first-order valence-electron chi connectivity index (χ1n) is 9.01. The molecular formula is C20H20N4O5. The average molecular weight is 396 g/mol. The van der Waals surface area contributed by atoms with E-state index in [-0.39, 0.29) is 24.7 Å². The number of nitro benzene ring substituents is 1. The molecule has 2 aromatic carbocycles. The number of nitrogens with zero attached hydrogens (tertiary/aromatic N) is 4. The largest absolute Gasteiger partial charge is 0.484 e. The normalized spacial score (nSPS) is 10.6. The Morgan fingerprint density at radius 3 is 2.66 bits per heavy atom. The summed E-state index contributed by atoms with van der Waals surface area (Å²) in [7, 11) is 0. The maximum atomic E-state index is 12.5. The van der Waals surface area contributed by atoms with E-state index < -0.39 is 4.92 Å². The number of rotatable bonds is 8. The minimum Gasteiger partial charge on any atom is -0.484 e. The molecule has 29 heavy (non-hydrogen) atoms. The second kappa shape index (κ2) is 8.96. The summed E-state index contributed by atoms with van der Waals surface area (Å²) < 4.78 is 10.8. The van der Waals surface area contributed by atoms with Crippen molar-refractivity contribution in [3.05, 3.63) is 70.1 Å². The fraction of sp³-hybridized carbons (Fsp3) is 0.250. The molecule has 0 radical (unpaired) electrons. The summed E-state index contributed by atoms with van der Waals surface area (Å²) in [6, 6.07) is 13.8. The maximum Gasteiger partial charge on any atom is 0.272 e. The molecule has 0 spiro atoms. The van der Waals surface area contributed by atoms with E-state index in [1.165, 1.54) is 23.1 Å². The zero-order valence-electron chi connectivity index (χ0n) is 16.1. The molecule has 9 nitrogen and oxygen atoms in total. The molecular weight excluding hydrogens is 376 g/mol. The van der Waals surface area contributed by atoms with Crippen LogP contribution in [-0.4, -0.2) is 39.0 Å². The Bertz CT molecular complexity index is 1000. The number of hydrogen-bond donors (Lipinski definition) is 0. The molecule has 150 valence electrons. The number of amides is 1. The molecule has 3 aromatic rings. The quantitative estimate of drug-likeness (QED) is 0.424. The van der Waals surface area contributed by atoms with Gasteiger partial charge in [-0.05, 0) is 26.0 Å². The van der Waals surface area contributed by atoms with Gasteiger partial charge < -0.3 is 14.2 Å². The standard InChI is InChI=1S/C20H20N4O5/c1-3-23(12-18-21-20(22-29-18)15-7-5-4-6-8-15)19(25)13-28-16-9-10-17(24(26)27)14(2)11-16/h4-11H,3,12-13H2,1-2H3. The first-order valence-corrected chi connectivity index (χ1v) is 9.01. The fourth-order valence-electron chi connectivity index (χ4n) is 2.72. The third kappa shape index (κ3) is 4.95. The number of ether oxygens (including phenoxy) is 1. The van der Waals surface area contributed by atoms with E-state index in [0.29, 0.717) is 29.6 Å². The zero-order valence-corrected chi connectivity index (χ0v) is 16.1. The van der Waals surface area contributed by atoms with Crippen molar-refractivity contribution in [3.8, 4) is 17.1 Å². The first-order chi connectivity index (χ1) is 14.0. The van der Waals surface area contributed by atoms with Gasteiger partial charge in [0.1, 0.15) is 12.3 Å². The molecule has 3 rings (SSSR count). The molecule has 9 heteroatoms. The van der Waals surface area contributed by atoms with Crippen molar-refractivity contribution in [3.63, 3.8) is 0 Å². The smallest absolute Gasteiger partial charge is 0.272 e. The Hall–Kier alpha value is -3.75. The number of hydrogen-bond acceptors (Lipinski definition) is 7. The van der Waals surface area contributed by atoms with Crippen LogP contribution in [0, 0.1) is 17.0 Å². The van der Waals surface area contributed by atoms with Gasteiger partial charge in [0.25, 0.3) is 11.6 Å². The minimum atomic E-state index is -0.461. The molecule has 1 aromatic heterocycles. The third-order valence-electron chi connectivity index (χ3n) is 4.29. The molecule has 0 aliphatic heterocycles. The van der Waals surface area contributed by atoms with E-state index in [0.717, 1.165) is 5.56 Å². The van der Waals surface area contributed by atoms with Crippen molar-refractivity contribution >= 4 is 11.6 Å². The van der Waals surface area contributed by atoms with E-state index in [9.17, 15) is 14.9 Å². The van der Waals surface area contributed by atoms with Crippen LogP contribution >= 0.6 is 0 Å². The van der Waals surface area contributed by atoms with Crippen LogP contribution in [0.25, 0.3) is 11.4 Å². The van der Waals surface area contributed by atoms with Gasteiger partial charge in [0.15, 0.2) is 6.61 Å². The van der Waals surface area contributed by atoms with Crippen molar-refractivity contribution in [1.29, 1.82) is 0 Å². The van der Waals surface area contributed by atoms with Gasteiger partial charge in [-0.3, -0.25) is 14.9 Å². The third-order valence-corrected chi connectivity index (χ3v) is 4.29. The Balaban J connectivity index is 1.60. The molecule has 1 heterocycles. The molecule has 0 aliphatic rings. The number of aromatic nitrogens is 2. The van der Waals surface area contributed by atoms with Crippen molar-refractivity contribution in [2.45, 2.75) is 20.4 Å². The monoisotopic (exact) mass is 396 g/mol. The predicted molar refractivity (Wildman–Crippen MR) is 104 cm³/mol. The van der Waals surface area contributed by atoms with Crippen LogP contribution in [0.2, 0.25) is 0 Å². The molecule has 0 atom stereocenters. The van der Waals surface area contributed by atoms with Crippen molar-refractivity contribution in [2.75, 3.05) is 13.2 Å². The van der Waals surface area contributed by atoms with Gasteiger partial charge >= 0.3 is 0 Å². The van der Waals surface area contributed by atoms with Gasteiger partial charge in [-0.1, -0.05) is 35.5 Å². The Labute approximate surface area is 167 Å². The summed E-state index contributed by atoms with van der Waals surface area (Å²) in [5, 5.41) is 14.8. The number of carbonyl (C=O) groups is 1. The lowest BCUT2D eigenvalue weighted by Crippen LogP contribution is -2.34. The Kier molecular flexibility index (Phi) is 6.18. The summed E-state index contributed by atoms with van der Waals surface area (Å²) >= 11 is 0. The first kappa shape index (κ1) is 20.0. The molecule has 0 fully saturated rings. The van der Waals surface area contributed by atoms with Crippen LogP contribution in [0.5, 0.6) is 5.75 Å². The molecule has 0 N–H and O–H groups in total. The molecule has 0 saturated heterocycles. The van der Waals surface area contributed by atoms with E-state index >= 15 is 0 Å². The number of benzene rings is 2. The summed E-state index contributed by atoms with van der Waals surface area (Å²) in [5.41, 5.74) is 1.30. The van der Waals surface area contributed by atoms with Crippen LogP contribution in [-0.2, 0) is 11.3 Å². The van der Waals surface area contributed by atoms with Crippen molar-refractivity contribution in [1.82, 2.24) is 15.0 Å².